The molecule has 2 aromatic carbocycles. The van der Waals surface area contributed by atoms with E-state index in [2.05, 4.69) is 26.7 Å². The highest BCUT2D eigenvalue weighted by Crippen LogP contribution is 2.43. The van der Waals surface area contributed by atoms with Crippen molar-refractivity contribution in [2.75, 3.05) is 6.86 Å². The van der Waals surface area contributed by atoms with Gasteiger partial charge in [0.15, 0.2) is 0 Å². The predicted molar refractivity (Wildman–Crippen MR) is 108 cm³/mol. The van der Waals surface area contributed by atoms with Crippen molar-refractivity contribution in [1.29, 1.82) is 5.26 Å². The fourth-order valence-electron chi connectivity index (χ4n) is 4.68. The van der Waals surface area contributed by atoms with E-state index in [1.54, 1.807) is 12.4 Å². The summed E-state index contributed by atoms with van der Waals surface area (Å²) < 4.78 is 19.9. The Balaban J connectivity index is 1.79. The van der Waals surface area contributed by atoms with Crippen molar-refractivity contribution < 1.29 is 9.13 Å². The van der Waals surface area contributed by atoms with E-state index in [1.807, 2.05) is 37.5 Å². The molecule has 0 saturated heterocycles. The van der Waals surface area contributed by atoms with Gasteiger partial charge < -0.3 is 9.30 Å². The van der Waals surface area contributed by atoms with Crippen molar-refractivity contribution >= 4 is 21.8 Å². The minimum atomic E-state index is -0.873. The molecule has 4 aromatic rings. The van der Waals surface area contributed by atoms with Gasteiger partial charge in [0.1, 0.15) is 12.1 Å². The summed E-state index contributed by atoms with van der Waals surface area (Å²) in [4.78, 5) is 8.55. The fraction of sp³-hybridized carbons (Fsp3) is 0.261. The molecule has 5 rings (SSSR count). The molecule has 1 atom stereocenters. The van der Waals surface area contributed by atoms with E-state index in [0.29, 0.717) is 18.6 Å². The fourth-order valence-corrected chi connectivity index (χ4v) is 4.68. The number of nitriles is 1. The van der Waals surface area contributed by atoms with Gasteiger partial charge in [-0.25, -0.2) is 14.4 Å². The van der Waals surface area contributed by atoms with E-state index in [1.165, 1.54) is 0 Å². The Bertz CT molecular complexity index is 1290. The Morgan fingerprint density at radius 3 is 3.00 bits per heavy atom. The number of halogens is 1. The highest BCUT2D eigenvalue weighted by molar-refractivity contribution is 6.10. The highest BCUT2D eigenvalue weighted by Gasteiger charge is 2.39. The summed E-state index contributed by atoms with van der Waals surface area (Å²) in [5.41, 5.74) is 4.44. The summed E-state index contributed by atoms with van der Waals surface area (Å²) in [6, 6.07) is 14.3. The van der Waals surface area contributed by atoms with Crippen molar-refractivity contribution in [3.63, 3.8) is 0 Å². The van der Waals surface area contributed by atoms with Crippen LogP contribution in [0.2, 0.25) is 0 Å². The van der Waals surface area contributed by atoms with E-state index >= 15 is 0 Å². The molecule has 0 bridgehead atoms. The molecule has 2 heterocycles. The lowest BCUT2D eigenvalue weighted by Crippen LogP contribution is -2.32. The summed E-state index contributed by atoms with van der Waals surface area (Å²) in [7, 11) is 2.01. The molecule has 0 fully saturated rings. The van der Waals surface area contributed by atoms with Crippen LogP contribution in [0, 0.1) is 11.3 Å². The summed E-state index contributed by atoms with van der Waals surface area (Å²) in [6.45, 7) is -0.873. The van der Waals surface area contributed by atoms with Crippen LogP contribution in [-0.4, -0.2) is 21.4 Å². The zero-order chi connectivity index (χ0) is 20.0. The number of alkyl halides is 1. The molecule has 0 radical (unpaired) electrons. The van der Waals surface area contributed by atoms with Gasteiger partial charge in [0.25, 0.3) is 0 Å². The molecule has 0 amide bonds. The van der Waals surface area contributed by atoms with Crippen molar-refractivity contribution in [2.45, 2.75) is 24.7 Å². The first-order valence-corrected chi connectivity index (χ1v) is 9.56. The van der Waals surface area contributed by atoms with Gasteiger partial charge in [0.05, 0.1) is 11.5 Å². The van der Waals surface area contributed by atoms with Crippen molar-refractivity contribution in [2.24, 2.45) is 7.05 Å². The Hall–Kier alpha value is -3.46. The monoisotopic (exact) mass is 386 g/mol. The predicted octanol–water partition coefficient (Wildman–Crippen LogP) is 4.38. The van der Waals surface area contributed by atoms with Gasteiger partial charge in [-0.1, -0.05) is 12.1 Å². The SMILES string of the molecule is Cn1c2ccc(OCF)cc2c2c(C3(C#N)CCc4ncncc4C3)cccc21. The molecule has 1 unspecified atom stereocenters. The van der Waals surface area contributed by atoms with Crippen LogP contribution in [0.3, 0.4) is 0 Å². The third-order valence-corrected chi connectivity index (χ3v) is 6.12. The van der Waals surface area contributed by atoms with Gasteiger partial charge in [-0.3, -0.25) is 0 Å². The number of benzene rings is 2. The first kappa shape index (κ1) is 17.6. The first-order chi connectivity index (χ1) is 14.2. The molecule has 0 spiro atoms. The van der Waals surface area contributed by atoms with Crippen LogP contribution in [0.15, 0.2) is 48.9 Å². The largest absolute Gasteiger partial charge is 0.463 e. The van der Waals surface area contributed by atoms with E-state index in [9.17, 15) is 9.65 Å². The smallest absolute Gasteiger partial charge is 0.228 e. The molecule has 6 heteroatoms. The lowest BCUT2D eigenvalue weighted by molar-refractivity contribution is 0.192. The normalized spacial score (nSPS) is 18.5. The topological polar surface area (TPSA) is 63.7 Å². The standard InChI is InChI=1S/C23H19FN4O/c1-28-20-6-5-16(29-13-24)9-17(20)22-18(3-2-4-21(22)28)23(12-25)8-7-19-15(10-23)11-26-14-27-19/h2-6,9,11,14H,7-8,10,13H2,1H3. The second-order valence-electron chi connectivity index (χ2n) is 7.56. The number of fused-ring (bicyclic) bond motifs is 4. The molecular weight excluding hydrogens is 367 g/mol. The van der Waals surface area contributed by atoms with E-state index in [4.69, 9.17) is 4.74 Å². The summed E-state index contributed by atoms with van der Waals surface area (Å²) in [6.07, 6.45) is 5.41. The van der Waals surface area contributed by atoms with Crippen molar-refractivity contribution in [3.05, 3.63) is 65.7 Å². The maximum atomic E-state index is 12.7. The number of ether oxygens (including phenoxy) is 1. The van der Waals surface area contributed by atoms with Crippen LogP contribution in [0.25, 0.3) is 21.8 Å². The van der Waals surface area contributed by atoms with Crippen LogP contribution in [0.5, 0.6) is 5.75 Å². The average molecular weight is 386 g/mol. The third-order valence-electron chi connectivity index (χ3n) is 6.12. The zero-order valence-corrected chi connectivity index (χ0v) is 16.0. The lowest BCUT2D eigenvalue weighted by Gasteiger charge is -2.32. The molecule has 0 aliphatic heterocycles. The minimum absolute atomic E-state index is 0.482. The maximum Gasteiger partial charge on any atom is 0.228 e. The zero-order valence-electron chi connectivity index (χ0n) is 16.0. The molecule has 1 aliphatic carbocycles. The molecule has 144 valence electrons. The van der Waals surface area contributed by atoms with Crippen LogP contribution in [0.1, 0.15) is 23.2 Å². The molecule has 0 saturated carbocycles. The Labute approximate surface area is 167 Å². The molecule has 29 heavy (non-hydrogen) atoms. The Morgan fingerprint density at radius 2 is 2.17 bits per heavy atom. The van der Waals surface area contributed by atoms with Gasteiger partial charge >= 0.3 is 0 Å². The maximum absolute atomic E-state index is 12.7. The van der Waals surface area contributed by atoms with Gasteiger partial charge in [0.2, 0.25) is 6.86 Å². The lowest BCUT2D eigenvalue weighted by atomic mass is 9.68. The highest BCUT2D eigenvalue weighted by atomic mass is 19.1. The van der Waals surface area contributed by atoms with Gasteiger partial charge in [-0.05, 0) is 54.7 Å². The summed E-state index contributed by atoms with van der Waals surface area (Å²) >= 11 is 0. The van der Waals surface area contributed by atoms with Crippen LogP contribution in [-0.2, 0) is 25.3 Å². The molecular formula is C23H19FN4O. The number of aryl methyl sites for hydroxylation is 2. The van der Waals surface area contributed by atoms with Crippen molar-refractivity contribution in [3.8, 4) is 11.8 Å². The number of nitrogens with zero attached hydrogens (tertiary/aromatic N) is 4. The van der Waals surface area contributed by atoms with E-state index in [-0.39, 0.29) is 0 Å². The van der Waals surface area contributed by atoms with Gasteiger partial charge in [-0.2, -0.15) is 5.26 Å². The molecule has 5 nitrogen and oxygen atoms in total. The first-order valence-electron chi connectivity index (χ1n) is 9.56. The number of aromatic nitrogens is 3. The molecule has 1 aliphatic rings. The van der Waals surface area contributed by atoms with E-state index < -0.39 is 12.3 Å². The number of rotatable bonds is 3. The van der Waals surface area contributed by atoms with Gasteiger partial charge in [0, 0.05) is 40.7 Å². The van der Waals surface area contributed by atoms with Crippen molar-refractivity contribution in [1.82, 2.24) is 14.5 Å². The number of hydrogen-bond donors (Lipinski definition) is 0. The Kier molecular flexibility index (Phi) is 3.99. The minimum Gasteiger partial charge on any atom is -0.463 e. The number of hydrogen-bond acceptors (Lipinski definition) is 4. The summed E-state index contributed by atoms with van der Waals surface area (Å²) in [5.74, 6) is 0.482. The van der Waals surface area contributed by atoms with Crippen LogP contribution >= 0.6 is 0 Å². The van der Waals surface area contributed by atoms with E-state index in [0.717, 1.165) is 45.0 Å². The second-order valence-corrected chi connectivity index (χ2v) is 7.56. The average Bonchev–Trinajstić information content (AvgIpc) is 3.05. The Morgan fingerprint density at radius 1 is 1.28 bits per heavy atom. The molecule has 2 aromatic heterocycles. The molecule has 0 N–H and O–H groups in total. The van der Waals surface area contributed by atoms with Gasteiger partial charge in [-0.15, -0.1) is 0 Å². The quantitative estimate of drug-likeness (QED) is 0.524. The third kappa shape index (κ3) is 2.58. The van der Waals surface area contributed by atoms with Crippen LogP contribution in [0.4, 0.5) is 4.39 Å². The second kappa shape index (κ2) is 6.56. The van der Waals surface area contributed by atoms with Crippen LogP contribution < -0.4 is 4.74 Å². The summed E-state index contributed by atoms with van der Waals surface area (Å²) in [5, 5.41) is 12.3.